The van der Waals surface area contributed by atoms with Crippen LogP contribution in [0.3, 0.4) is 0 Å². The van der Waals surface area contributed by atoms with E-state index in [9.17, 15) is 4.79 Å². The van der Waals surface area contributed by atoms with Crippen molar-refractivity contribution >= 4 is 14.8 Å². The van der Waals surface area contributed by atoms with Crippen molar-refractivity contribution in [3.63, 3.8) is 0 Å². The Morgan fingerprint density at radius 2 is 1.38 bits per heavy atom. The molecule has 0 saturated carbocycles. The lowest BCUT2D eigenvalue weighted by atomic mass is 10.2. The number of esters is 1. The monoisotopic (exact) mass is 320 g/mol. The van der Waals surface area contributed by atoms with Crippen molar-refractivity contribution in [3.8, 4) is 0 Å². The lowest BCUT2D eigenvalue weighted by molar-refractivity contribution is -0.154. The molecule has 0 aliphatic heterocycles. The standard InChI is InChI=1S/C15H32O5Si/c1-7-17-21(18-8-2,19-9-3)13-11-10-12-14(16)20-15(4,5)6/h7-13H2,1-6H3. The van der Waals surface area contributed by atoms with Gasteiger partial charge in [0.1, 0.15) is 5.60 Å². The second kappa shape index (κ2) is 10.3. The molecule has 0 aromatic rings. The van der Waals surface area contributed by atoms with Gasteiger partial charge < -0.3 is 18.0 Å². The van der Waals surface area contributed by atoms with Crippen molar-refractivity contribution in [2.75, 3.05) is 19.8 Å². The van der Waals surface area contributed by atoms with Crippen LogP contribution in [0.25, 0.3) is 0 Å². The number of carbonyl (C=O) groups is 1. The van der Waals surface area contributed by atoms with Gasteiger partial charge in [0.15, 0.2) is 0 Å². The Morgan fingerprint density at radius 1 is 0.905 bits per heavy atom. The highest BCUT2D eigenvalue weighted by Gasteiger charge is 2.39. The lowest BCUT2D eigenvalue weighted by Gasteiger charge is -2.28. The first-order valence-electron chi connectivity index (χ1n) is 7.92. The fraction of sp³-hybridized carbons (Fsp3) is 0.933. The Balaban J connectivity index is 4.21. The first-order chi connectivity index (χ1) is 9.78. The number of unbranched alkanes of at least 4 members (excludes halogenated alkanes) is 1. The summed E-state index contributed by atoms with van der Waals surface area (Å²) < 4.78 is 22.6. The zero-order chi connectivity index (χ0) is 16.4. The smallest absolute Gasteiger partial charge is 0.460 e. The second-order valence-electron chi connectivity index (χ2n) is 5.78. The fourth-order valence-electron chi connectivity index (χ4n) is 2.00. The van der Waals surface area contributed by atoms with Crippen LogP contribution in [0.5, 0.6) is 0 Å². The minimum atomic E-state index is -2.57. The van der Waals surface area contributed by atoms with Crippen LogP contribution >= 0.6 is 0 Å². The van der Waals surface area contributed by atoms with Crippen LogP contribution in [0.15, 0.2) is 0 Å². The van der Waals surface area contributed by atoms with E-state index in [1.54, 1.807) is 0 Å². The lowest BCUT2D eigenvalue weighted by Crippen LogP contribution is -2.45. The van der Waals surface area contributed by atoms with Crippen LogP contribution in [0, 0.1) is 0 Å². The molecule has 0 fully saturated rings. The summed E-state index contributed by atoms with van der Waals surface area (Å²) in [6.07, 6.45) is 2.02. The van der Waals surface area contributed by atoms with Crippen LogP contribution in [0.1, 0.15) is 60.8 Å². The van der Waals surface area contributed by atoms with Gasteiger partial charge in [0, 0.05) is 32.3 Å². The fourth-order valence-corrected chi connectivity index (χ4v) is 4.69. The van der Waals surface area contributed by atoms with E-state index in [4.69, 9.17) is 18.0 Å². The van der Waals surface area contributed by atoms with Gasteiger partial charge in [0.05, 0.1) is 0 Å². The van der Waals surface area contributed by atoms with E-state index in [0.717, 1.165) is 18.9 Å². The highest BCUT2D eigenvalue weighted by molar-refractivity contribution is 6.60. The van der Waals surface area contributed by atoms with Gasteiger partial charge in [-0.15, -0.1) is 0 Å². The highest BCUT2D eigenvalue weighted by atomic mass is 28.4. The number of carbonyl (C=O) groups excluding carboxylic acids is 1. The zero-order valence-corrected chi connectivity index (χ0v) is 15.5. The summed E-state index contributed by atoms with van der Waals surface area (Å²) in [5, 5.41) is 0. The number of hydrogen-bond acceptors (Lipinski definition) is 5. The Labute approximate surface area is 130 Å². The van der Waals surface area contributed by atoms with Gasteiger partial charge in [-0.2, -0.15) is 0 Å². The van der Waals surface area contributed by atoms with Gasteiger partial charge in [-0.05, 0) is 54.4 Å². The maximum atomic E-state index is 11.7. The number of hydrogen-bond donors (Lipinski definition) is 0. The second-order valence-corrected chi connectivity index (χ2v) is 8.51. The van der Waals surface area contributed by atoms with E-state index >= 15 is 0 Å². The zero-order valence-electron chi connectivity index (χ0n) is 14.5. The van der Waals surface area contributed by atoms with E-state index < -0.39 is 14.4 Å². The molecule has 126 valence electrons. The molecule has 0 saturated heterocycles. The highest BCUT2D eigenvalue weighted by Crippen LogP contribution is 2.20. The van der Waals surface area contributed by atoms with Crippen LogP contribution in [-0.2, 0) is 22.8 Å². The predicted octanol–water partition coefficient (Wildman–Crippen LogP) is 3.55. The molecule has 0 aromatic carbocycles. The van der Waals surface area contributed by atoms with E-state index in [2.05, 4.69) is 0 Å². The van der Waals surface area contributed by atoms with E-state index in [1.165, 1.54) is 0 Å². The minimum absolute atomic E-state index is 0.154. The van der Waals surface area contributed by atoms with Gasteiger partial charge >= 0.3 is 14.8 Å². The van der Waals surface area contributed by atoms with Gasteiger partial charge in [0.2, 0.25) is 0 Å². The van der Waals surface area contributed by atoms with Crippen molar-refractivity contribution in [1.29, 1.82) is 0 Å². The molecule has 0 unspecified atom stereocenters. The van der Waals surface area contributed by atoms with Crippen molar-refractivity contribution in [2.24, 2.45) is 0 Å². The summed E-state index contributed by atoms with van der Waals surface area (Å²) >= 11 is 0. The van der Waals surface area contributed by atoms with Gasteiger partial charge in [-0.1, -0.05) is 0 Å². The topological polar surface area (TPSA) is 54.0 Å². The summed E-state index contributed by atoms with van der Waals surface area (Å²) in [7, 11) is -2.57. The first kappa shape index (κ1) is 20.6. The number of ether oxygens (including phenoxy) is 1. The third kappa shape index (κ3) is 10.0. The third-order valence-corrected chi connectivity index (χ3v) is 5.78. The van der Waals surface area contributed by atoms with Crippen molar-refractivity contribution in [3.05, 3.63) is 0 Å². The molecule has 0 aliphatic rings. The maximum Gasteiger partial charge on any atom is 0.500 e. The molecular formula is C15H32O5Si. The minimum Gasteiger partial charge on any atom is -0.460 e. The Hall–Kier alpha value is -0.433. The van der Waals surface area contributed by atoms with Crippen molar-refractivity contribution in [1.82, 2.24) is 0 Å². The molecule has 0 N–H and O–H groups in total. The normalized spacial score (nSPS) is 12.5. The molecule has 21 heavy (non-hydrogen) atoms. The summed E-state index contributed by atoms with van der Waals surface area (Å²) in [5.74, 6) is -0.154. The molecule has 0 heterocycles. The van der Waals surface area contributed by atoms with Crippen LogP contribution in [-0.4, -0.2) is 40.2 Å². The maximum absolute atomic E-state index is 11.7. The number of rotatable bonds is 11. The van der Waals surface area contributed by atoms with Crippen molar-refractivity contribution in [2.45, 2.75) is 72.5 Å². The average molecular weight is 321 g/mol. The predicted molar refractivity (Wildman–Crippen MR) is 85.1 cm³/mol. The van der Waals surface area contributed by atoms with E-state index in [0.29, 0.717) is 26.2 Å². The van der Waals surface area contributed by atoms with Gasteiger partial charge in [-0.25, -0.2) is 0 Å². The van der Waals surface area contributed by atoms with E-state index in [-0.39, 0.29) is 5.97 Å². The van der Waals surface area contributed by atoms with Gasteiger partial charge in [0.25, 0.3) is 0 Å². The quantitative estimate of drug-likeness (QED) is 0.331. The Kier molecular flexibility index (Phi) is 10.1. The Bertz CT molecular complexity index is 271. The molecule has 0 radical (unpaired) electrons. The SMILES string of the molecule is CCO[Si](CCCCC(=O)OC(C)(C)C)(OCC)OCC. The summed E-state index contributed by atoms with van der Waals surface area (Å²) in [6.45, 7) is 13.2. The molecular weight excluding hydrogens is 288 g/mol. The molecule has 6 heteroatoms. The molecule has 0 bridgehead atoms. The third-order valence-electron chi connectivity index (χ3n) is 2.63. The van der Waals surface area contributed by atoms with E-state index in [1.807, 2.05) is 41.5 Å². The van der Waals surface area contributed by atoms with Gasteiger partial charge in [-0.3, -0.25) is 4.79 Å². The van der Waals surface area contributed by atoms with Crippen LogP contribution < -0.4 is 0 Å². The molecule has 0 rings (SSSR count). The van der Waals surface area contributed by atoms with Crippen molar-refractivity contribution < 1.29 is 22.8 Å². The summed E-state index contributed by atoms with van der Waals surface area (Å²) in [4.78, 5) is 11.7. The van der Waals surface area contributed by atoms with Crippen LogP contribution in [0.2, 0.25) is 6.04 Å². The molecule has 5 nitrogen and oxygen atoms in total. The summed E-state index contributed by atoms with van der Waals surface area (Å²) in [5.41, 5.74) is -0.419. The molecule has 0 spiro atoms. The van der Waals surface area contributed by atoms with Crippen LogP contribution in [0.4, 0.5) is 0 Å². The Morgan fingerprint density at radius 3 is 1.76 bits per heavy atom. The average Bonchev–Trinajstić information content (AvgIpc) is 2.33. The summed E-state index contributed by atoms with van der Waals surface area (Å²) in [6, 6.07) is 0.741. The largest absolute Gasteiger partial charge is 0.500 e. The molecule has 0 amide bonds. The molecule has 0 atom stereocenters. The first-order valence-corrected chi connectivity index (χ1v) is 9.85. The molecule has 0 aromatic heterocycles. The molecule has 0 aliphatic carbocycles.